The Bertz CT molecular complexity index is 1780. The molecule has 0 saturated carbocycles. The number of hydrogen-bond donors (Lipinski definition) is 0. The van der Waals surface area contributed by atoms with Crippen LogP contribution in [-0.2, 0) is 32.7 Å². The lowest BCUT2D eigenvalue weighted by Crippen LogP contribution is -2.37. The molecule has 0 fully saturated rings. The number of phosphoric ester groups is 1. The quantitative estimate of drug-likeness (QED) is 0.0195. The standard InChI is InChI=1S/C82H152NO8P/c1-6-8-10-12-14-16-18-20-22-24-26-28-30-32-34-36-38-39-40-41-42-43-45-47-49-51-53-55-57-59-61-63-65-67-69-71-73-75-82(85)91-80(79-90-92(86,87)89-77-76-83(3,4)5)78-88-81(84)74-72-70-68-66-64-62-60-58-56-54-52-50-48-46-44-37-35-33-31-29-27-25-23-21-19-17-15-13-11-9-7-2/h8,10,14,16,20,22,26,28,32,34,38-39,80H,6-7,9,11-13,15,17-19,21,23-25,27,29-31,33,35-37,40-79H2,1-5H3/b10-8-,16-14-,22-20-,28-26-,34-32-,39-38-. The third-order valence-electron chi connectivity index (χ3n) is 17.7. The van der Waals surface area contributed by atoms with Crippen LogP contribution < -0.4 is 4.89 Å². The molecule has 0 N–H and O–H groups in total. The molecular weight excluding hydrogens is 1160 g/mol. The van der Waals surface area contributed by atoms with Gasteiger partial charge in [0, 0.05) is 12.8 Å². The van der Waals surface area contributed by atoms with Crippen molar-refractivity contribution in [3.05, 3.63) is 72.9 Å². The van der Waals surface area contributed by atoms with E-state index >= 15 is 0 Å². The zero-order valence-corrected chi connectivity index (χ0v) is 62.4. The Balaban J connectivity index is 3.94. The molecule has 10 heteroatoms. The van der Waals surface area contributed by atoms with E-state index in [0.29, 0.717) is 17.4 Å². The van der Waals surface area contributed by atoms with Gasteiger partial charge in [-0.1, -0.05) is 382 Å². The molecule has 0 amide bonds. The van der Waals surface area contributed by atoms with Gasteiger partial charge in [-0.25, -0.2) is 0 Å². The first kappa shape index (κ1) is 89.5. The van der Waals surface area contributed by atoms with Gasteiger partial charge in [0.1, 0.15) is 19.8 Å². The van der Waals surface area contributed by atoms with E-state index in [0.717, 1.165) is 77.0 Å². The van der Waals surface area contributed by atoms with Crippen LogP contribution >= 0.6 is 7.82 Å². The maximum absolute atomic E-state index is 12.9. The first-order valence-corrected chi connectivity index (χ1v) is 41.1. The summed E-state index contributed by atoms with van der Waals surface area (Å²) in [4.78, 5) is 38.2. The second-order valence-electron chi connectivity index (χ2n) is 28.1. The van der Waals surface area contributed by atoms with Gasteiger partial charge in [0.25, 0.3) is 7.82 Å². The number of hydrogen-bond acceptors (Lipinski definition) is 8. The molecule has 0 saturated heterocycles. The maximum atomic E-state index is 12.9. The molecule has 0 heterocycles. The number of carbonyl (C=O) groups is 2. The molecule has 0 radical (unpaired) electrons. The van der Waals surface area contributed by atoms with Gasteiger partial charge in [0.2, 0.25) is 0 Å². The van der Waals surface area contributed by atoms with Gasteiger partial charge >= 0.3 is 11.9 Å². The van der Waals surface area contributed by atoms with Crippen LogP contribution in [0.2, 0.25) is 0 Å². The molecule has 2 unspecified atom stereocenters. The second-order valence-corrected chi connectivity index (χ2v) is 29.5. The van der Waals surface area contributed by atoms with Gasteiger partial charge in [-0.3, -0.25) is 14.2 Å². The minimum absolute atomic E-state index is 0.0293. The van der Waals surface area contributed by atoms with Crippen LogP contribution in [0.25, 0.3) is 0 Å². The zero-order valence-electron chi connectivity index (χ0n) is 61.5. The van der Waals surface area contributed by atoms with Crippen molar-refractivity contribution in [3.8, 4) is 0 Å². The van der Waals surface area contributed by atoms with Crippen molar-refractivity contribution in [2.24, 2.45) is 0 Å². The Hall–Kier alpha value is -2.55. The van der Waals surface area contributed by atoms with Crippen LogP contribution in [0.1, 0.15) is 386 Å². The number of likely N-dealkylation sites (N-methyl/N-ethyl adjacent to an activating group) is 1. The lowest BCUT2D eigenvalue weighted by Gasteiger charge is -2.28. The average Bonchev–Trinajstić information content (AvgIpc) is 2.34. The van der Waals surface area contributed by atoms with Crippen LogP contribution in [0, 0.1) is 0 Å². The van der Waals surface area contributed by atoms with Crippen molar-refractivity contribution in [1.82, 2.24) is 0 Å². The van der Waals surface area contributed by atoms with Crippen molar-refractivity contribution in [3.63, 3.8) is 0 Å². The lowest BCUT2D eigenvalue weighted by molar-refractivity contribution is -0.870. The molecule has 0 rings (SSSR count). The Morgan fingerprint density at radius 2 is 0.620 bits per heavy atom. The number of esters is 2. The van der Waals surface area contributed by atoms with E-state index in [1.54, 1.807) is 0 Å². The number of quaternary nitrogens is 1. The molecule has 9 nitrogen and oxygen atoms in total. The number of ether oxygens (including phenoxy) is 2. The second kappa shape index (κ2) is 72.7. The molecule has 0 bridgehead atoms. The molecule has 2 atom stereocenters. The highest BCUT2D eigenvalue weighted by Gasteiger charge is 2.22. The molecule has 538 valence electrons. The van der Waals surface area contributed by atoms with Crippen molar-refractivity contribution in [2.45, 2.75) is 392 Å². The summed E-state index contributed by atoms with van der Waals surface area (Å²) in [6.45, 7) is 4.20. The molecular formula is C82H152NO8P. The summed E-state index contributed by atoms with van der Waals surface area (Å²) in [5.41, 5.74) is 0. The fourth-order valence-electron chi connectivity index (χ4n) is 11.7. The third kappa shape index (κ3) is 76.5. The van der Waals surface area contributed by atoms with Gasteiger partial charge in [-0.15, -0.1) is 0 Å². The number of allylic oxidation sites excluding steroid dienone is 12. The third-order valence-corrected chi connectivity index (χ3v) is 18.7. The SMILES string of the molecule is CC/C=C\C/C=C\C/C=C\C/C=C\C/C=C\C/C=C\CCCCCCCCCCCCCCCCCCCCC(=O)OC(COC(=O)CCCCCCCCCCCCCCCCCCCCCCCCCCCCCCCCC)COP(=O)([O-])OCC[N+](C)(C)C. The minimum Gasteiger partial charge on any atom is -0.756 e. The monoisotopic (exact) mass is 1310 g/mol. The van der Waals surface area contributed by atoms with E-state index in [1.165, 1.54) is 276 Å². The molecule has 0 spiro atoms. The highest BCUT2D eigenvalue weighted by Crippen LogP contribution is 2.38. The zero-order chi connectivity index (χ0) is 66.9. The number of unbranched alkanes of at least 4 members (excludes halogenated alkanes) is 48. The van der Waals surface area contributed by atoms with Gasteiger partial charge in [0.05, 0.1) is 27.7 Å². The summed E-state index contributed by atoms with van der Waals surface area (Å²) in [6.07, 6.45) is 98.8. The van der Waals surface area contributed by atoms with E-state index < -0.39 is 26.5 Å². The van der Waals surface area contributed by atoms with E-state index in [-0.39, 0.29) is 32.0 Å². The summed E-state index contributed by atoms with van der Waals surface area (Å²) >= 11 is 0. The molecule has 0 aliphatic carbocycles. The van der Waals surface area contributed by atoms with Crippen LogP contribution in [0.4, 0.5) is 0 Å². The predicted octanol–water partition coefficient (Wildman–Crippen LogP) is 25.7. The molecule has 0 aromatic carbocycles. The van der Waals surface area contributed by atoms with Crippen LogP contribution in [0.5, 0.6) is 0 Å². The Kier molecular flexibility index (Phi) is 70.7. The van der Waals surface area contributed by atoms with E-state index in [9.17, 15) is 19.0 Å². The van der Waals surface area contributed by atoms with Crippen LogP contribution in [0.15, 0.2) is 72.9 Å². The first-order valence-electron chi connectivity index (χ1n) is 39.6. The topological polar surface area (TPSA) is 111 Å². The van der Waals surface area contributed by atoms with E-state index in [4.69, 9.17) is 18.5 Å². The molecule has 92 heavy (non-hydrogen) atoms. The van der Waals surface area contributed by atoms with Gasteiger partial charge in [-0.2, -0.15) is 0 Å². The van der Waals surface area contributed by atoms with Crippen molar-refractivity contribution >= 4 is 19.8 Å². The van der Waals surface area contributed by atoms with Crippen molar-refractivity contribution in [2.75, 3.05) is 47.5 Å². The first-order chi connectivity index (χ1) is 45.0. The van der Waals surface area contributed by atoms with Gasteiger partial charge in [0.15, 0.2) is 6.10 Å². The van der Waals surface area contributed by atoms with Gasteiger partial charge in [-0.05, 0) is 64.2 Å². The van der Waals surface area contributed by atoms with Crippen LogP contribution in [0.3, 0.4) is 0 Å². The van der Waals surface area contributed by atoms with Crippen molar-refractivity contribution in [1.29, 1.82) is 0 Å². The summed E-state index contributed by atoms with van der Waals surface area (Å²) in [7, 11) is 1.18. The van der Waals surface area contributed by atoms with E-state index in [2.05, 4.69) is 86.8 Å². The van der Waals surface area contributed by atoms with E-state index in [1.807, 2.05) is 21.1 Å². The number of phosphoric acid groups is 1. The maximum Gasteiger partial charge on any atom is 0.306 e. The number of rotatable bonds is 74. The molecule has 0 aliphatic heterocycles. The summed E-state index contributed by atoms with van der Waals surface area (Å²) < 4.78 is 34.4. The lowest BCUT2D eigenvalue weighted by atomic mass is 10.0. The summed E-state index contributed by atoms with van der Waals surface area (Å²) in [5, 5.41) is 0. The Morgan fingerprint density at radius 3 is 0.924 bits per heavy atom. The van der Waals surface area contributed by atoms with Gasteiger partial charge < -0.3 is 27.9 Å². The van der Waals surface area contributed by atoms with Crippen LogP contribution in [-0.4, -0.2) is 70.0 Å². The highest BCUT2D eigenvalue weighted by atomic mass is 31.2. The molecule has 0 aromatic heterocycles. The smallest absolute Gasteiger partial charge is 0.306 e. The summed E-state index contributed by atoms with van der Waals surface area (Å²) in [5.74, 6) is -0.812. The largest absolute Gasteiger partial charge is 0.756 e. The minimum atomic E-state index is -4.64. The average molecular weight is 1310 g/mol. The Labute approximate surface area is 571 Å². The number of nitrogens with zero attached hydrogens (tertiary/aromatic N) is 1. The van der Waals surface area contributed by atoms with Crippen molar-refractivity contribution < 1.29 is 42.1 Å². The fourth-order valence-corrected chi connectivity index (χ4v) is 12.5. The molecule has 0 aromatic rings. The predicted molar refractivity (Wildman–Crippen MR) is 397 cm³/mol. The molecule has 0 aliphatic rings. The summed E-state index contributed by atoms with van der Waals surface area (Å²) in [6, 6.07) is 0. The fraction of sp³-hybridized carbons (Fsp3) is 0.829. The number of carbonyl (C=O) groups excluding carboxylic acids is 2. The Morgan fingerprint density at radius 1 is 0.348 bits per heavy atom. The normalized spacial score (nSPS) is 13.4. The highest BCUT2D eigenvalue weighted by molar-refractivity contribution is 7.45.